The molecule has 2 saturated heterocycles. The second-order valence-electron chi connectivity index (χ2n) is 6.93. The summed E-state index contributed by atoms with van der Waals surface area (Å²) in [4.78, 5) is 21.6. The zero-order chi connectivity index (χ0) is 17.6. The fraction of sp³-hybridized carbons (Fsp3) is 0.556. The third-order valence-electron chi connectivity index (χ3n) is 4.82. The van der Waals surface area contributed by atoms with Gasteiger partial charge in [-0.25, -0.2) is 4.98 Å². The largest absolute Gasteiger partial charge is 0.497 e. The first-order chi connectivity index (χ1) is 12.0. The first kappa shape index (κ1) is 16.6. The third-order valence-corrected chi connectivity index (χ3v) is 5.91. The van der Waals surface area contributed by atoms with Crippen LogP contribution in [0.15, 0.2) is 18.2 Å². The average Bonchev–Trinajstić information content (AvgIpc) is 2.94. The summed E-state index contributed by atoms with van der Waals surface area (Å²) in [5.74, 6) is 1.14. The van der Waals surface area contributed by atoms with Gasteiger partial charge in [0.25, 0.3) is 0 Å². The summed E-state index contributed by atoms with van der Waals surface area (Å²) in [6.45, 7) is 6.93. The summed E-state index contributed by atoms with van der Waals surface area (Å²) in [5.41, 5.74) is 0.949. The van der Waals surface area contributed by atoms with E-state index < -0.39 is 0 Å². The molecule has 0 spiro atoms. The van der Waals surface area contributed by atoms with E-state index in [1.165, 1.54) is 0 Å². The molecule has 2 aromatic rings. The Morgan fingerprint density at radius 2 is 1.96 bits per heavy atom. The minimum Gasteiger partial charge on any atom is -0.497 e. The Hall–Kier alpha value is -1.86. The van der Waals surface area contributed by atoms with Crippen molar-refractivity contribution < 1.29 is 14.3 Å². The number of methoxy groups -OCH3 is 1. The molecule has 0 N–H and O–H groups in total. The van der Waals surface area contributed by atoms with Crippen molar-refractivity contribution in [3.8, 4) is 5.75 Å². The van der Waals surface area contributed by atoms with Gasteiger partial charge in [0, 0.05) is 32.2 Å². The highest BCUT2D eigenvalue weighted by Gasteiger charge is 2.38. The maximum absolute atomic E-state index is 12.7. The Morgan fingerprint density at radius 3 is 2.64 bits per heavy atom. The van der Waals surface area contributed by atoms with Crippen LogP contribution in [0.5, 0.6) is 5.75 Å². The van der Waals surface area contributed by atoms with Crippen LogP contribution in [-0.2, 0) is 9.53 Å². The number of morpholine rings is 1. The lowest BCUT2D eigenvalue weighted by atomic mass is 9.98. The molecule has 1 aromatic carbocycles. The minimum absolute atomic E-state index is 0.0686. The predicted molar refractivity (Wildman–Crippen MR) is 98.5 cm³/mol. The van der Waals surface area contributed by atoms with Crippen molar-refractivity contribution in [2.75, 3.05) is 38.2 Å². The number of ether oxygens (including phenoxy) is 2. The van der Waals surface area contributed by atoms with Crippen LogP contribution in [0, 0.1) is 5.92 Å². The van der Waals surface area contributed by atoms with Crippen molar-refractivity contribution in [1.29, 1.82) is 0 Å². The molecule has 134 valence electrons. The zero-order valence-electron chi connectivity index (χ0n) is 14.8. The Balaban J connectivity index is 1.40. The van der Waals surface area contributed by atoms with Gasteiger partial charge in [-0.3, -0.25) is 4.79 Å². The van der Waals surface area contributed by atoms with E-state index in [4.69, 9.17) is 14.5 Å². The SMILES string of the molecule is COc1ccc2sc(N3CC(C(=O)N4CC(C)OC(C)C4)C3)nc2c1. The molecule has 25 heavy (non-hydrogen) atoms. The normalized spacial score (nSPS) is 24.4. The Morgan fingerprint density at radius 1 is 1.24 bits per heavy atom. The maximum Gasteiger partial charge on any atom is 0.229 e. The quantitative estimate of drug-likeness (QED) is 0.840. The van der Waals surface area contributed by atoms with Gasteiger partial charge in [0.2, 0.25) is 5.91 Å². The molecule has 2 fully saturated rings. The summed E-state index contributed by atoms with van der Waals surface area (Å²) in [6, 6.07) is 5.94. The van der Waals surface area contributed by atoms with E-state index in [-0.39, 0.29) is 24.0 Å². The molecule has 2 aliphatic heterocycles. The number of thiazole rings is 1. The number of hydrogen-bond donors (Lipinski definition) is 0. The maximum atomic E-state index is 12.7. The molecule has 0 radical (unpaired) electrons. The van der Waals surface area contributed by atoms with Gasteiger partial charge in [-0.05, 0) is 26.0 Å². The molecule has 0 bridgehead atoms. The number of rotatable bonds is 3. The van der Waals surface area contributed by atoms with Gasteiger partial charge in [-0.2, -0.15) is 0 Å². The van der Waals surface area contributed by atoms with E-state index in [9.17, 15) is 4.79 Å². The first-order valence-corrected chi connectivity index (χ1v) is 9.49. The van der Waals surface area contributed by atoms with E-state index >= 15 is 0 Å². The summed E-state index contributed by atoms with van der Waals surface area (Å²) < 4.78 is 12.1. The summed E-state index contributed by atoms with van der Waals surface area (Å²) in [7, 11) is 1.66. The number of amides is 1. The molecule has 1 amide bonds. The highest BCUT2D eigenvalue weighted by molar-refractivity contribution is 7.22. The molecule has 6 nitrogen and oxygen atoms in total. The molecule has 3 heterocycles. The average molecular weight is 361 g/mol. The molecule has 7 heteroatoms. The molecule has 0 saturated carbocycles. The predicted octanol–water partition coefficient (Wildman–Crippen LogP) is 2.38. The fourth-order valence-electron chi connectivity index (χ4n) is 3.56. The summed E-state index contributed by atoms with van der Waals surface area (Å²) >= 11 is 1.66. The second kappa shape index (κ2) is 6.46. The van der Waals surface area contributed by atoms with Gasteiger partial charge in [0.05, 0.1) is 35.5 Å². The lowest BCUT2D eigenvalue weighted by Crippen LogP contribution is -2.58. The van der Waals surface area contributed by atoms with Crippen molar-refractivity contribution in [1.82, 2.24) is 9.88 Å². The smallest absolute Gasteiger partial charge is 0.229 e. The monoisotopic (exact) mass is 361 g/mol. The number of anilines is 1. The van der Waals surface area contributed by atoms with Crippen LogP contribution in [0.3, 0.4) is 0 Å². The van der Waals surface area contributed by atoms with E-state index in [1.54, 1.807) is 18.4 Å². The van der Waals surface area contributed by atoms with Gasteiger partial charge in [-0.15, -0.1) is 0 Å². The number of carbonyl (C=O) groups is 1. The minimum atomic E-state index is 0.0686. The summed E-state index contributed by atoms with van der Waals surface area (Å²) in [5, 5.41) is 0.982. The standard InChI is InChI=1S/C18H23N3O3S/c1-11-7-20(8-12(2)24-11)17(22)13-9-21(10-13)18-19-15-6-14(23-3)4-5-16(15)25-18/h4-6,11-13H,7-10H2,1-3H3. The Labute approximate surface area is 151 Å². The highest BCUT2D eigenvalue weighted by Crippen LogP contribution is 2.35. The van der Waals surface area contributed by atoms with Crippen LogP contribution in [0.2, 0.25) is 0 Å². The van der Waals surface area contributed by atoms with E-state index in [0.29, 0.717) is 13.1 Å². The molecular weight excluding hydrogens is 338 g/mol. The van der Waals surface area contributed by atoms with Crippen LogP contribution in [0.4, 0.5) is 5.13 Å². The second-order valence-corrected chi connectivity index (χ2v) is 7.94. The lowest BCUT2D eigenvalue weighted by molar-refractivity contribution is -0.148. The number of hydrogen-bond acceptors (Lipinski definition) is 6. The molecule has 1 aromatic heterocycles. The van der Waals surface area contributed by atoms with Crippen molar-refractivity contribution in [3.63, 3.8) is 0 Å². The highest BCUT2D eigenvalue weighted by atomic mass is 32.1. The first-order valence-electron chi connectivity index (χ1n) is 8.67. The topological polar surface area (TPSA) is 54.9 Å². The fourth-order valence-corrected chi connectivity index (χ4v) is 4.53. The number of nitrogens with zero attached hydrogens (tertiary/aromatic N) is 3. The van der Waals surface area contributed by atoms with Crippen LogP contribution in [0.1, 0.15) is 13.8 Å². The van der Waals surface area contributed by atoms with Crippen LogP contribution >= 0.6 is 11.3 Å². The van der Waals surface area contributed by atoms with Crippen molar-refractivity contribution in [3.05, 3.63) is 18.2 Å². The number of aromatic nitrogens is 1. The Bertz CT molecular complexity index is 777. The van der Waals surface area contributed by atoms with E-state index in [1.807, 2.05) is 36.9 Å². The molecule has 2 aliphatic rings. The molecular formula is C18H23N3O3S. The van der Waals surface area contributed by atoms with Crippen LogP contribution in [-0.4, -0.2) is 61.3 Å². The van der Waals surface area contributed by atoms with Crippen molar-refractivity contribution >= 4 is 32.6 Å². The van der Waals surface area contributed by atoms with Gasteiger partial charge in [0.1, 0.15) is 5.75 Å². The van der Waals surface area contributed by atoms with Gasteiger partial charge in [-0.1, -0.05) is 11.3 Å². The van der Waals surface area contributed by atoms with E-state index in [0.717, 1.165) is 34.2 Å². The third kappa shape index (κ3) is 3.18. The molecule has 0 aliphatic carbocycles. The number of fused-ring (bicyclic) bond motifs is 1. The summed E-state index contributed by atoms with van der Waals surface area (Å²) in [6.07, 6.45) is 0.228. The molecule has 2 atom stereocenters. The van der Waals surface area contributed by atoms with Crippen molar-refractivity contribution in [2.24, 2.45) is 5.92 Å². The molecule has 2 unspecified atom stereocenters. The van der Waals surface area contributed by atoms with Gasteiger partial charge < -0.3 is 19.3 Å². The lowest BCUT2D eigenvalue weighted by Gasteiger charge is -2.43. The number of carbonyl (C=O) groups excluding carboxylic acids is 1. The van der Waals surface area contributed by atoms with Gasteiger partial charge >= 0.3 is 0 Å². The van der Waals surface area contributed by atoms with Crippen molar-refractivity contribution in [2.45, 2.75) is 26.1 Å². The number of benzene rings is 1. The van der Waals surface area contributed by atoms with Crippen LogP contribution in [0.25, 0.3) is 10.2 Å². The van der Waals surface area contributed by atoms with Crippen LogP contribution < -0.4 is 9.64 Å². The van der Waals surface area contributed by atoms with Gasteiger partial charge in [0.15, 0.2) is 5.13 Å². The Kier molecular flexibility index (Phi) is 4.29. The van der Waals surface area contributed by atoms with E-state index in [2.05, 4.69) is 4.90 Å². The zero-order valence-corrected chi connectivity index (χ0v) is 15.6. The molecule has 4 rings (SSSR count).